The molecule has 0 saturated heterocycles. The molecule has 0 fully saturated rings. The zero-order chi connectivity index (χ0) is 11.5. The predicted octanol–water partition coefficient (Wildman–Crippen LogP) is 0.982. The Morgan fingerprint density at radius 1 is 1.44 bits per heavy atom. The van der Waals surface area contributed by atoms with E-state index in [-0.39, 0.29) is 0 Å². The molecule has 2 rings (SSSR count). The number of hydrogen-bond donors (Lipinski definition) is 1. The van der Waals surface area contributed by atoms with Gasteiger partial charge in [0.05, 0.1) is 31.1 Å². The molecule has 5 nitrogen and oxygen atoms in total. The highest BCUT2D eigenvalue weighted by Crippen LogP contribution is 2.23. The second kappa shape index (κ2) is 4.11. The molecule has 0 aliphatic carbocycles. The summed E-state index contributed by atoms with van der Waals surface area (Å²) < 4.78 is 3.72. The summed E-state index contributed by atoms with van der Waals surface area (Å²) in [5.74, 6) is 3.11. The van der Waals surface area contributed by atoms with E-state index in [1.54, 1.807) is 23.4 Å². The lowest BCUT2D eigenvalue weighted by Crippen LogP contribution is -2.02. The second-order valence-electron chi connectivity index (χ2n) is 3.38. The number of aryl methyl sites for hydroxylation is 1. The number of hydrogen-bond acceptors (Lipinski definition) is 3. The maximum atomic E-state index is 5.97. The molecule has 0 bridgehead atoms. The first kappa shape index (κ1) is 10.3. The average molecular weight is 215 g/mol. The lowest BCUT2D eigenvalue weighted by Gasteiger charge is -2.04. The zero-order valence-corrected chi connectivity index (χ0v) is 9.09. The minimum Gasteiger partial charge on any atom is -0.383 e. The van der Waals surface area contributed by atoms with Gasteiger partial charge in [-0.2, -0.15) is 0 Å². The van der Waals surface area contributed by atoms with Gasteiger partial charge in [0.15, 0.2) is 0 Å². The molecule has 0 saturated carbocycles. The third-order valence-corrected chi connectivity index (χ3v) is 2.44. The molecule has 16 heavy (non-hydrogen) atoms. The number of anilines is 1. The fraction of sp³-hybridized carbons (Fsp3) is 0.273. The number of rotatable bonds is 3. The van der Waals surface area contributed by atoms with Gasteiger partial charge in [0.25, 0.3) is 0 Å². The van der Waals surface area contributed by atoms with Crippen molar-refractivity contribution in [1.82, 2.24) is 19.1 Å². The van der Waals surface area contributed by atoms with Crippen molar-refractivity contribution < 1.29 is 0 Å². The van der Waals surface area contributed by atoms with Crippen LogP contribution < -0.4 is 5.73 Å². The van der Waals surface area contributed by atoms with Crippen LogP contribution in [-0.2, 0) is 13.1 Å². The van der Waals surface area contributed by atoms with Crippen LogP contribution in [0.5, 0.6) is 0 Å². The van der Waals surface area contributed by atoms with Gasteiger partial charge in [-0.05, 0) is 6.92 Å². The van der Waals surface area contributed by atoms with Crippen molar-refractivity contribution in [3.05, 3.63) is 18.9 Å². The summed E-state index contributed by atoms with van der Waals surface area (Å²) in [6.07, 6.45) is 10.4. The molecule has 2 N–H and O–H groups in total. The Morgan fingerprint density at radius 2 is 2.25 bits per heavy atom. The molecule has 0 radical (unpaired) electrons. The summed E-state index contributed by atoms with van der Waals surface area (Å²) in [7, 11) is 0. The molecule has 0 aliphatic rings. The van der Waals surface area contributed by atoms with Crippen molar-refractivity contribution >= 4 is 5.82 Å². The van der Waals surface area contributed by atoms with E-state index in [2.05, 4.69) is 15.9 Å². The van der Waals surface area contributed by atoms with Crippen molar-refractivity contribution in [2.45, 2.75) is 20.0 Å². The predicted molar refractivity (Wildman–Crippen MR) is 62.4 cm³/mol. The van der Waals surface area contributed by atoms with Crippen LogP contribution in [0.2, 0.25) is 0 Å². The van der Waals surface area contributed by atoms with Crippen LogP contribution in [0.3, 0.4) is 0 Å². The minimum atomic E-state index is 0.430. The fourth-order valence-corrected chi connectivity index (χ4v) is 1.58. The van der Waals surface area contributed by atoms with Crippen LogP contribution in [0.1, 0.15) is 6.92 Å². The van der Waals surface area contributed by atoms with Gasteiger partial charge in [0.2, 0.25) is 0 Å². The summed E-state index contributed by atoms with van der Waals surface area (Å²) in [6.45, 7) is 3.30. The van der Waals surface area contributed by atoms with Gasteiger partial charge in [0, 0.05) is 6.54 Å². The summed E-state index contributed by atoms with van der Waals surface area (Å²) in [5.41, 5.74) is 7.61. The van der Waals surface area contributed by atoms with Gasteiger partial charge >= 0.3 is 0 Å². The van der Waals surface area contributed by atoms with E-state index in [4.69, 9.17) is 12.2 Å². The highest BCUT2D eigenvalue weighted by atomic mass is 15.1. The highest BCUT2D eigenvalue weighted by Gasteiger charge is 2.12. The first-order valence-corrected chi connectivity index (χ1v) is 5.02. The van der Waals surface area contributed by atoms with Crippen molar-refractivity contribution in [2.75, 3.05) is 5.73 Å². The summed E-state index contributed by atoms with van der Waals surface area (Å²) in [5, 5.41) is 0. The monoisotopic (exact) mass is 215 g/mol. The van der Waals surface area contributed by atoms with E-state index in [1.165, 1.54) is 0 Å². The van der Waals surface area contributed by atoms with Crippen LogP contribution in [0.25, 0.3) is 11.4 Å². The molecule has 2 aromatic rings. The summed E-state index contributed by atoms with van der Waals surface area (Å²) in [4.78, 5) is 8.35. The van der Waals surface area contributed by atoms with Crippen LogP contribution in [0, 0.1) is 12.3 Å². The first-order chi connectivity index (χ1) is 7.77. The van der Waals surface area contributed by atoms with Gasteiger partial charge in [-0.1, -0.05) is 5.92 Å². The Kier molecular flexibility index (Phi) is 2.64. The molecule has 0 unspecified atom stereocenters. The highest BCUT2D eigenvalue weighted by molar-refractivity contribution is 5.67. The first-order valence-electron chi connectivity index (χ1n) is 5.02. The number of imidazole rings is 2. The fourth-order valence-electron chi connectivity index (χ4n) is 1.58. The van der Waals surface area contributed by atoms with E-state index in [9.17, 15) is 0 Å². The van der Waals surface area contributed by atoms with Crippen LogP contribution in [-0.4, -0.2) is 19.1 Å². The molecular formula is C11H13N5. The number of aromatic nitrogens is 4. The quantitative estimate of drug-likeness (QED) is 0.776. The maximum Gasteiger partial charge on any atom is 0.134 e. The number of nitrogen functional groups attached to an aromatic ring is 1. The van der Waals surface area contributed by atoms with Crippen LogP contribution in [0.15, 0.2) is 18.9 Å². The van der Waals surface area contributed by atoms with Gasteiger partial charge in [-0.3, -0.25) is 0 Å². The Morgan fingerprint density at radius 3 is 2.94 bits per heavy atom. The summed E-state index contributed by atoms with van der Waals surface area (Å²) >= 11 is 0. The molecule has 0 aromatic carbocycles. The van der Waals surface area contributed by atoms with E-state index in [1.807, 2.05) is 11.5 Å². The van der Waals surface area contributed by atoms with Gasteiger partial charge in [-0.15, -0.1) is 6.42 Å². The van der Waals surface area contributed by atoms with E-state index in [0.29, 0.717) is 12.4 Å². The van der Waals surface area contributed by atoms with Crippen molar-refractivity contribution in [3.63, 3.8) is 0 Å². The molecule has 0 amide bonds. The standard InChI is InChI=1S/C11H13N5/c1-3-5-16-8-14-10(11(16)12)9-6-13-7-15(9)4-2/h1,6-8H,4-5,12H2,2H3. The minimum absolute atomic E-state index is 0.430. The number of terminal acetylenes is 1. The maximum absolute atomic E-state index is 5.97. The molecule has 2 heterocycles. The molecule has 5 heteroatoms. The molecular weight excluding hydrogens is 202 g/mol. The Hall–Kier alpha value is -2.22. The zero-order valence-electron chi connectivity index (χ0n) is 9.09. The van der Waals surface area contributed by atoms with Gasteiger partial charge in [0.1, 0.15) is 11.5 Å². The van der Waals surface area contributed by atoms with Gasteiger partial charge in [-0.25, -0.2) is 9.97 Å². The number of nitrogens with two attached hydrogens (primary N) is 1. The molecule has 2 aromatic heterocycles. The van der Waals surface area contributed by atoms with Crippen LogP contribution in [0.4, 0.5) is 5.82 Å². The third-order valence-electron chi connectivity index (χ3n) is 2.44. The largest absolute Gasteiger partial charge is 0.383 e. The second-order valence-corrected chi connectivity index (χ2v) is 3.38. The molecule has 0 atom stereocenters. The number of nitrogens with zero attached hydrogens (tertiary/aromatic N) is 4. The smallest absolute Gasteiger partial charge is 0.134 e. The summed E-state index contributed by atoms with van der Waals surface area (Å²) in [6, 6.07) is 0. The third kappa shape index (κ3) is 1.54. The van der Waals surface area contributed by atoms with Crippen molar-refractivity contribution in [1.29, 1.82) is 0 Å². The molecule has 82 valence electrons. The SMILES string of the molecule is C#CCn1cnc(-c2cncn2CC)c1N. The normalized spacial score (nSPS) is 10.2. The van der Waals surface area contributed by atoms with Crippen molar-refractivity contribution in [2.24, 2.45) is 0 Å². The molecule has 0 aliphatic heterocycles. The van der Waals surface area contributed by atoms with Crippen molar-refractivity contribution in [3.8, 4) is 23.7 Å². The van der Waals surface area contributed by atoms with E-state index in [0.717, 1.165) is 17.9 Å². The Bertz CT molecular complexity index is 529. The molecule has 0 spiro atoms. The van der Waals surface area contributed by atoms with Crippen LogP contribution >= 0.6 is 0 Å². The van der Waals surface area contributed by atoms with E-state index < -0.39 is 0 Å². The van der Waals surface area contributed by atoms with Gasteiger partial charge < -0.3 is 14.9 Å². The lowest BCUT2D eigenvalue weighted by molar-refractivity contribution is 0.767. The van der Waals surface area contributed by atoms with E-state index >= 15 is 0 Å². The Labute approximate surface area is 93.9 Å². The average Bonchev–Trinajstić information content (AvgIpc) is 2.87. The Balaban J connectivity index is 2.46. The topological polar surface area (TPSA) is 61.7 Å². The lowest BCUT2D eigenvalue weighted by atomic mass is 10.3.